The summed E-state index contributed by atoms with van der Waals surface area (Å²) in [6, 6.07) is 7.04. The van der Waals surface area contributed by atoms with E-state index in [4.69, 9.17) is 21.4 Å². The quantitative estimate of drug-likeness (QED) is 0.903. The molecule has 0 aliphatic carbocycles. The van der Waals surface area contributed by atoms with Crippen LogP contribution in [0.25, 0.3) is 0 Å². The topological polar surface area (TPSA) is 49.8 Å². The number of nitrogens with zero attached hydrogens (tertiary/aromatic N) is 1. The predicted molar refractivity (Wildman–Crippen MR) is 65.4 cm³/mol. The van der Waals surface area contributed by atoms with Crippen molar-refractivity contribution >= 4 is 23.4 Å². The third-order valence-electron chi connectivity index (χ3n) is 2.79. The largest absolute Gasteiger partial charge is 0.449 e. The predicted octanol–water partition coefficient (Wildman–Crippen LogP) is 2.44. The minimum absolute atomic E-state index is 0.0280. The number of carbonyl (C=O) groups is 1. The minimum atomic E-state index is -0.378. The summed E-state index contributed by atoms with van der Waals surface area (Å²) < 4.78 is 5.02. The lowest BCUT2D eigenvalue weighted by molar-refractivity contribution is 0.124. The molecule has 1 N–H and O–H groups in total. The van der Waals surface area contributed by atoms with E-state index in [1.165, 1.54) is 0 Å². The van der Waals surface area contributed by atoms with E-state index in [-0.39, 0.29) is 18.7 Å². The standard InChI is InChI=1S/C12H14ClNO3/c13-9-2-1-3-11(8-9)14-10(4-6-15)5-7-17-12(14)16/h1-3,8,10,15H,4-7H2. The Hall–Kier alpha value is -1.26. The lowest BCUT2D eigenvalue weighted by Crippen LogP contribution is -2.46. The molecule has 1 saturated heterocycles. The molecular weight excluding hydrogens is 242 g/mol. The molecule has 92 valence electrons. The molecule has 0 bridgehead atoms. The summed E-state index contributed by atoms with van der Waals surface area (Å²) in [7, 11) is 0. The van der Waals surface area contributed by atoms with Crippen molar-refractivity contribution < 1.29 is 14.6 Å². The molecule has 1 heterocycles. The van der Waals surface area contributed by atoms with Crippen molar-refractivity contribution in [3.8, 4) is 0 Å². The Kier molecular flexibility index (Phi) is 3.86. The molecule has 5 heteroatoms. The van der Waals surface area contributed by atoms with E-state index in [1.807, 2.05) is 6.07 Å². The van der Waals surface area contributed by atoms with Gasteiger partial charge in [-0.2, -0.15) is 0 Å². The van der Waals surface area contributed by atoms with Crippen LogP contribution < -0.4 is 4.90 Å². The SMILES string of the molecule is O=C1OCCC(CCO)N1c1cccc(Cl)c1. The average Bonchev–Trinajstić information content (AvgIpc) is 2.29. The van der Waals surface area contributed by atoms with Crippen LogP contribution in [0.15, 0.2) is 24.3 Å². The molecule has 1 aliphatic heterocycles. The van der Waals surface area contributed by atoms with Gasteiger partial charge in [-0.25, -0.2) is 4.79 Å². The Bertz CT molecular complexity index is 408. The normalized spacial score (nSPS) is 20.2. The Labute approximate surface area is 105 Å². The van der Waals surface area contributed by atoms with Gasteiger partial charge in [-0.15, -0.1) is 0 Å². The second-order valence-electron chi connectivity index (χ2n) is 3.92. The number of hydrogen-bond donors (Lipinski definition) is 1. The fourth-order valence-corrected chi connectivity index (χ4v) is 2.18. The summed E-state index contributed by atoms with van der Waals surface area (Å²) in [5.74, 6) is 0. The number of ether oxygens (including phenoxy) is 1. The van der Waals surface area contributed by atoms with Gasteiger partial charge in [0.1, 0.15) is 0 Å². The molecule has 1 aromatic rings. The van der Waals surface area contributed by atoms with Gasteiger partial charge in [0.25, 0.3) is 0 Å². The van der Waals surface area contributed by atoms with Gasteiger partial charge in [0.05, 0.1) is 6.61 Å². The molecule has 0 spiro atoms. The molecule has 1 fully saturated rings. The van der Waals surface area contributed by atoms with Crippen LogP contribution in [-0.2, 0) is 4.74 Å². The van der Waals surface area contributed by atoms with Crippen molar-refractivity contribution in [2.45, 2.75) is 18.9 Å². The molecule has 1 aromatic carbocycles. The first kappa shape index (κ1) is 12.2. The zero-order valence-corrected chi connectivity index (χ0v) is 10.1. The lowest BCUT2D eigenvalue weighted by Gasteiger charge is -2.34. The Balaban J connectivity index is 2.27. The molecule has 1 unspecified atom stereocenters. The number of benzene rings is 1. The van der Waals surface area contributed by atoms with E-state index in [9.17, 15) is 4.79 Å². The summed E-state index contributed by atoms with van der Waals surface area (Å²) in [4.78, 5) is 13.3. The molecule has 17 heavy (non-hydrogen) atoms. The van der Waals surface area contributed by atoms with Gasteiger partial charge in [0, 0.05) is 29.8 Å². The van der Waals surface area contributed by atoms with Gasteiger partial charge in [0.15, 0.2) is 0 Å². The minimum Gasteiger partial charge on any atom is -0.449 e. The Morgan fingerprint density at radius 1 is 1.53 bits per heavy atom. The zero-order valence-electron chi connectivity index (χ0n) is 9.30. The molecule has 0 radical (unpaired) electrons. The number of halogens is 1. The Morgan fingerprint density at radius 3 is 3.06 bits per heavy atom. The number of hydrogen-bond acceptors (Lipinski definition) is 3. The number of amides is 1. The van der Waals surface area contributed by atoms with E-state index in [0.29, 0.717) is 23.7 Å². The first-order valence-corrected chi connectivity index (χ1v) is 5.92. The molecule has 1 aliphatic rings. The summed E-state index contributed by atoms with van der Waals surface area (Å²) in [5, 5.41) is 9.59. The first-order chi connectivity index (χ1) is 8.22. The van der Waals surface area contributed by atoms with E-state index in [1.54, 1.807) is 23.1 Å². The van der Waals surface area contributed by atoms with E-state index < -0.39 is 0 Å². The molecule has 0 aromatic heterocycles. The van der Waals surface area contributed by atoms with Gasteiger partial charge in [-0.1, -0.05) is 17.7 Å². The monoisotopic (exact) mass is 255 g/mol. The van der Waals surface area contributed by atoms with Gasteiger partial charge in [-0.05, 0) is 24.6 Å². The maximum absolute atomic E-state index is 11.8. The smallest absolute Gasteiger partial charge is 0.414 e. The highest BCUT2D eigenvalue weighted by atomic mass is 35.5. The number of rotatable bonds is 3. The molecule has 2 rings (SSSR count). The summed E-state index contributed by atoms with van der Waals surface area (Å²) in [6.45, 7) is 0.454. The van der Waals surface area contributed by atoms with E-state index in [0.717, 1.165) is 6.42 Å². The second-order valence-corrected chi connectivity index (χ2v) is 4.36. The van der Waals surface area contributed by atoms with Crippen LogP contribution in [0.3, 0.4) is 0 Å². The number of anilines is 1. The summed E-state index contributed by atoms with van der Waals surface area (Å²) >= 11 is 5.91. The molecular formula is C12H14ClNO3. The number of cyclic esters (lactones) is 1. The van der Waals surface area contributed by atoms with Crippen LogP contribution in [-0.4, -0.2) is 30.5 Å². The fraction of sp³-hybridized carbons (Fsp3) is 0.417. The van der Waals surface area contributed by atoms with Crippen LogP contribution in [0.5, 0.6) is 0 Å². The second kappa shape index (κ2) is 5.38. The van der Waals surface area contributed by atoms with Gasteiger partial charge in [0.2, 0.25) is 0 Å². The van der Waals surface area contributed by atoms with Crippen LogP contribution in [0.4, 0.5) is 10.5 Å². The highest BCUT2D eigenvalue weighted by Gasteiger charge is 2.30. The van der Waals surface area contributed by atoms with Crippen LogP contribution in [0.1, 0.15) is 12.8 Å². The van der Waals surface area contributed by atoms with Gasteiger partial charge in [-0.3, -0.25) is 4.90 Å². The molecule has 4 nitrogen and oxygen atoms in total. The summed E-state index contributed by atoms with van der Waals surface area (Å²) in [6.07, 6.45) is 0.887. The van der Waals surface area contributed by atoms with Crippen molar-refractivity contribution in [2.24, 2.45) is 0 Å². The Morgan fingerprint density at radius 2 is 2.35 bits per heavy atom. The zero-order chi connectivity index (χ0) is 12.3. The van der Waals surface area contributed by atoms with E-state index in [2.05, 4.69) is 0 Å². The highest BCUT2D eigenvalue weighted by molar-refractivity contribution is 6.30. The lowest BCUT2D eigenvalue weighted by atomic mass is 10.1. The van der Waals surface area contributed by atoms with Gasteiger partial charge < -0.3 is 9.84 Å². The van der Waals surface area contributed by atoms with Gasteiger partial charge >= 0.3 is 6.09 Å². The maximum atomic E-state index is 11.8. The van der Waals surface area contributed by atoms with Crippen molar-refractivity contribution in [3.63, 3.8) is 0 Å². The van der Waals surface area contributed by atoms with Crippen molar-refractivity contribution in [3.05, 3.63) is 29.3 Å². The van der Waals surface area contributed by atoms with Crippen molar-refractivity contribution in [2.75, 3.05) is 18.1 Å². The highest BCUT2D eigenvalue weighted by Crippen LogP contribution is 2.27. The average molecular weight is 256 g/mol. The number of aliphatic hydroxyl groups is 1. The van der Waals surface area contributed by atoms with Crippen LogP contribution >= 0.6 is 11.6 Å². The third kappa shape index (κ3) is 2.70. The maximum Gasteiger partial charge on any atom is 0.414 e. The van der Waals surface area contributed by atoms with Crippen molar-refractivity contribution in [1.29, 1.82) is 0 Å². The first-order valence-electron chi connectivity index (χ1n) is 5.55. The third-order valence-corrected chi connectivity index (χ3v) is 3.02. The fourth-order valence-electron chi connectivity index (χ4n) is 1.99. The molecule has 1 atom stereocenters. The number of carbonyl (C=O) groups excluding carboxylic acids is 1. The van der Waals surface area contributed by atoms with E-state index >= 15 is 0 Å². The molecule has 1 amide bonds. The van der Waals surface area contributed by atoms with Crippen LogP contribution in [0, 0.1) is 0 Å². The summed E-state index contributed by atoms with van der Waals surface area (Å²) in [5.41, 5.74) is 0.709. The molecule has 0 saturated carbocycles. The number of aliphatic hydroxyl groups excluding tert-OH is 1. The van der Waals surface area contributed by atoms with Crippen molar-refractivity contribution in [1.82, 2.24) is 0 Å². The van der Waals surface area contributed by atoms with Crippen LogP contribution in [0.2, 0.25) is 5.02 Å².